The van der Waals surface area contributed by atoms with Gasteiger partial charge in [0.1, 0.15) is 5.75 Å². The summed E-state index contributed by atoms with van der Waals surface area (Å²) in [7, 11) is 0. The van der Waals surface area contributed by atoms with Crippen molar-refractivity contribution in [1.29, 1.82) is 0 Å². The van der Waals surface area contributed by atoms with E-state index in [9.17, 15) is 9.59 Å². The fourth-order valence-corrected chi connectivity index (χ4v) is 3.34. The Labute approximate surface area is 163 Å². The van der Waals surface area contributed by atoms with Gasteiger partial charge in [0.05, 0.1) is 6.61 Å². The Hall–Kier alpha value is -1.88. The van der Waals surface area contributed by atoms with Crippen molar-refractivity contribution >= 4 is 11.7 Å². The Kier molecular flexibility index (Phi) is 8.29. The van der Waals surface area contributed by atoms with Crippen LogP contribution in [0.1, 0.15) is 69.7 Å². The van der Waals surface area contributed by atoms with E-state index >= 15 is 0 Å². The molecule has 1 aromatic carbocycles. The zero-order valence-electron chi connectivity index (χ0n) is 17.1. The zero-order chi connectivity index (χ0) is 19.7. The highest BCUT2D eigenvalue weighted by atomic mass is 16.5. The third-order valence-corrected chi connectivity index (χ3v) is 5.16. The summed E-state index contributed by atoms with van der Waals surface area (Å²) in [5.41, 5.74) is 0.578. The Bertz CT molecular complexity index is 604. The second-order valence-electron chi connectivity index (χ2n) is 7.93. The van der Waals surface area contributed by atoms with Crippen LogP contribution in [0.25, 0.3) is 0 Å². The third-order valence-electron chi connectivity index (χ3n) is 5.16. The Morgan fingerprint density at radius 3 is 2.37 bits per heavy atom. The van der Waals surface area contributed by atoms with E-state index in [2.05, 4.69) is 31.0 Å². The highest BCUT2D eigenvalue weighted by Crippen LogP contribution is 2.20. The van der Waals surface area contributed by atoms with Crippen LogP contribution < -0.4 is 10.1 Å². The lowest BCUT2D eigenvalue weighted by molar-refractivity contribution is -0.121. The average Bonchev–Trinajstić information content (AvgIpc) is 2.70. The molecule has 0 aromatic heterocycles. The summed E-state index contributed by atoms with van der Waals surface area (Å²) in [6.45, 7) is 9.87. The highest BCUT2D eigenvalue weighted by Gasteiger charge is 2.28. The molecule has 1 heterocycles. The Morgan fingerprint density at radius 1 is 1.07 bits per heavy atom. The van der Waals surface area contributed by atoms with Crippen LogP contribution in [0.5, 0.6) is 5.75 Å². The molecular formula is C22H34N2O3. The molecule has 1 saturated heterocycles. The van der Waals surface area contributed by atoms with Gasteiger partial charge >= 0.3 is 0 Å². The van der Waals surface area contributed by atoms with E-state index in [1.807, 2.05) is 12.1 Å². The summed E-state index contributed by atoms with van der Waals surface area (Å²) >= 11 is 0. The molecule has 0 unspecified atom stereocenters. The monoisotopic (exact) mass is 374 g/mol. The van der Waals surface area contributed by atoms with Crippen LogP contribution in [0.2, 0.25) is 0 Å². The average molecular weight is 375 g/mol. The molecule has 1 amide bonds. The van der Waals surface area contributed by atoms with Gasteiger partial charge in [-0.1, -0.05) is 13.3 Å². The third kappa shape index (κ3) is 6.98. The number of likely N-dealkylation sites (tertiary alicyclic amines) is 1. The highest BCUT2D eigenvalue weighted by molar-refractivity contribution is 5.98. The molecule has 0 atom stereocenters. The fourth-order valence-electron chi connectivity index (χ4n) is 3.34. The number of amides is 1. The SMILES string of the molecule is CCCOc1ccc(C(=O)CCC(=O)NCC(C)(C)N2CCCCC2)cc1. The summed E-state index contributed by atoms with van der Waals surface area (Å²) in [6.07, 6.45) is 5.16. The van der Waals surface area contributed by atoms with Crippen molar-refractivity contribution in [2.75, 3.05) is 26.2 Å². The molecule has 1 N–H and O–H groups in total. The summed E-state index contributed by atoms with van der Waals surface area (Å²) < 4.78 is 5.52. The second-order valence-corrected chi connectivity index (χ2v) is 7.93. The van der Waals surface area contributed by atoms with E-state index in [-0.39, 0.29) is 30.1 Å². The van der Waals surface area contributed by atoms with Crippen molar-refractivity contribution in [3.05, 3.63) is 29.8 Å². The van der Waals surface area contributed by atoms with Crippen LogP contribution in [0, 0.1) is 0 Å². The van der Waals surface area contributed by atoms with Crippen molar-refractivity contribution in [3.8, 4) is 5.75 Å². The minimum absolute atomic E-state index is 0.0116. The Morgan fingerprint density at radius 2 is 1.74 bits per heavy atom. The van der Waals surface area contributed by atoms with Crippen molar-refractivity contribution < 1.29 is 14.3 Å². The van der Waals surface area contributed by atoms with E-state index < -0.39 is 0 Å². The van der Waals surface area contributed by atoms with Crippen LogP contribution in [0.4, 0.5) is 0 Å². The number of hydrogen-bond donors (Lipinski definition) is 1. The first kappa shape index (κ1) is 21.4. The topological polar surface area (TPSA) is 58.6 Å². The molecule has 0 bridgehead atoms. The molecular weight excluding hydrogens is 340 g/mol. The van der Waals surface area contributed by atoms with E-state index in [4.69, 9.17) is 4.74 Å². The largest absolute Gasteiger partial charge is 0.494 e. The normalized spacial score (nSPS) is 15.4. The molecule has 0 aliphatic carbocycles. The maximum Gasteiger partial charge on any atom is 0.220 e. The van der Waals surface area contributed by atoms with E-state index in [1.165, 1.54) is 19.3 Å². The first-order chi connectivity index (χ1) is 12.9. The van der Waals surface area contributed by atoms with Crippen LogP contribution >= 0.6 is 0 Å². The second kappa shape index (κ2) is 10.5. The van der Waals surface area contributed by atoms with Gasteiger partial charge in [-0.2, -0.15) is 0 Å². The number of nitrogens with zero attached hydrogens (tertiary/aromatic N) is 1. The minimum atomic E-state index is -0.0590. The molecule has 1 aliphatic heterocycles. The van der Waals surface area contributed by atoms with Crippen molar-refractivity contribution in [2.24, 2.45) is 0 Å². The van der Waals surface area contributed by atoms with E-state index in [0.717, 1.165) is 25.3 Å². The van der Waals surface area contributed by atoms with Gasteiger partial charge in [-0.3, -0.25) is 14.5 Å². The smallest absolute Gasteiger partial charge is 0.220 e. The van der Waals surface area contributed by atoms with Gasteiger partial charge in [-0.25, -0.2) is 0 Å². The minimum Gasteiger partial charge on any atom is -0.494 e. The van der Waals surface area contributed by atoms with Gasteiger partial charge in [-0.15, -0.1) is 0 Å². The van der Waals surface area contributed by atoms with Crippen LogP contribution in [-0.4, -0.2) is 48.4 Å². The number of nitrogens with one attached hydrogen (secondary N) is 1. The molecule has 1 aromatic rings. The molecule has 27 heavy (non-hydrogen) atoms. The number of benzene rings is 1. The van der Waals surface area contributed by atoms with Gasteiger partial charge in [0, 0.05) is 30.5 Å². The number of piperidine rings is 1. The summed E-state index contributed by atoms with van der Waals surface area (Å²) in [4.78, 5) is 26.9. The lowest BCUT2D eigenvalue weighted by Crippen LogP contribution is -2.53. The predicted octanol–water partition coefficient (Wildman–Crippen LogP) is 3.82. The summed E-state index contributed by atoms with van der Waals surface area (Å²) in [6, 6.07) is 7.16. The molecule has 0 saturated carbocycles. The van der Waals surface area contributed by atoms with Crippen LogP contribution in [-0.2, 0) is 4.79 Å². The molecule has 0 spiro atoms. The van der Waals surface area contributed by atoms with Crippen LogP contribution in [0.15, 0.2) is 24.3 Å². The van der Waals surface area contributed by atoms with Gasteiger partial charge in [0.15, 0.2) is 5.78 Å². The Balaban J connectivity index is 1.73. The number of hydrogen-bond acceptors (Lipinski definition) is 4. The van der Waals surface area contributed by atoms with E-state index in [1.54, 1.807) is 12.1 Å². The van der Waals surface area contributed by atoms with Crippen molar-refractivity contribution in [1.82, 2.24) is 10.2 Å². The van der Waals surface area contributed by atoms with Crippen molar-refractivity contribution in [3.63, 3.8) is 0 Å². The summed E-state index contributed by atoms with van der Waals surface area (Å²) in [5, 5.41) is 3.01. The molecule has 1 aliphatic rings. The van der Waals surface area contributed by atoms with Gasteiger partial charge in [0.2, 0.25) is 5.91 Å². The van der Waals surface area contributed by atoms with Crippen LogP contribution in [0.3, 0.4) is 0 Å². The quantitative estimate of drug-likeness (QED) is 0.633. The lowest BCUT2D eigenvalue weighted by Gasteiger charge is -2.41. The maximum absolute atomic E-state index is 12.3. The number of rotatable bonds is 10. The van der Waals surface area contributed by atoms with E-state index in [0.29, 0.717) is 18.7 Å². The molecule has 5 nitrogen and oxygen atoms in total. The first-order valence-electron chi connectivity index (χ1n) is 10.2. The molecule has 2 rings (SSSR count). The number of carbonyl (C=O) groups excluding carboxylic acids is 2. The van der Waals surface area contributed by atoms with Crippen molar-refractivity contribution in [2.45, 2.75) is 64.8 Å². The van der Waals surface area contributed by atoms with Gasteiger partial charge in [0.25, 0.3) is 0 Å². The fraction of sp³-hybridized carbons (Fsp3) is 0.636. The number of ether oxygens (including phenoxy) is 1. The number of ketones is 1. The molecule has 0 radical (unpaired) electrons. The van der Waals surface area contributed by atoms with Gasteiger partial charge < -0.3 is 10.1 Å². The predicted molar refractivity (Wildman–Crippen MR) is 108 cm³/mol. The van der Waals surface area contributed by atoms with Gasteiger partial charge in [-0.05, 0) is 70.5 Å². The molecule has 150 valence electrons. The molecule has 1 fully saturated rings. The lowest BCUT2D eigenvalue weighted by atomic mass is 9.98. The molecule has 5 heteroatoms. The first-order valence-corrected chi connectivity index (χ1v) is 10.2. The summed E-state index contributed by atoms with van der Waals surface area (Å²) in [5.74, 6) is 0.699. The maximum atomic E-state index is 12.3. The number of Topliss-reactive ketones (excluding diaryl/α,β-unsaturated/α-hetero) is 1. The zero-order valence-corrected chi connectivity index (χ0v) is 17.1. The standard InChI is InChI=1S/C22H34N2O3/c1-4-16-27-19-10-8-18(9-11-19)20(25)12-13-21(26)23-17-22(2,3)24-14-6-5-7-15-24/h8-11H,4-7,12-17H2,1-3H3,(H,23,26). The number of carbonyl (C=O) groups is 2.